The van der Waals surface area contributed by atoms with E-state index in [1.54, 1.807) is 0 Å². The van der Waals surface area contributed by atoms with Crippen molar-refractivity contribution >= 4 is 21.9 Å². The van der Waals surface area contributed by atoms with Gasteiger partial charge < -0.3 is 10.4 Å². The quantitative estimate of drug-likeness (QED) is 0.569. The Kier molecular flexibility index (Phi) is 4.35. The van der Waals surface area contributed by atoms with E-state index < -0.39 is 16.0 Å². The summed E-state index contributed by atoms with van der Waals surface area (Å²) in [5.41, 5.74) is -0.126. The number of hydrogen-bond acceptors (Lipinski definition) is 6. The van der Waals surface area contributed by atoms with Crippen LogP contribution in [-0.4, -0.2) is 48.8 Å². The Hall–Kier alpha value is -1.74. The van der Waals surface area contributed by atoms with Crippen molar-refractivity contribution in [2.75, 3.05) is 24.7 Å². The zero-order valence-electron chi connectivity index (χ0n) is 9.04. The van der Waals surface area contributed by atoms with E-state index in [1.165, 1.54) is 12.3 Å². The van der Waals surface area contributed by atoms with Crippen molar-refractivity contribution < 1.29 is 18.3 Å². The molecule has 0 saturated carbocycles. The Morgan fingerprint density at radius 3 is 2.76 bits per heavy atom. The number of rotatable bonds is 6. The number of anilines is 1. The minimum absolute atomic E-state index is 0.126. The number of sulfonamides is 1. The lowest BCUT2D eigenvalue weighted by Gasteiger charge is -2.05. The highest BCUT2D eigenvalue weighted by Gasteiger charge is 2.05. The molecule has 0 aliphatic carbocycles. The molecule has 1 aromatic heterocycles. The van der Waals surface area contributed by atoms with Gasteiger partial charge in [-0.05, 0) is 6.07 Å². The Labute approximate surface area is 98.1 Å². The molecule has 0 bridgehead atoms. The first kappa shape index (κ1) is 13.3. The largest absolute Gasteiger partial charge is 0.477 e. The number of hydrogen-bond donors (Lipinski definition) is 3. The highest BCUT2D eigenvalue weighted by molar-refractivity contribution is 7.88. The van der Waals surface area contributed by atoms with Crippen LogP contribution < -0.4 is 10.0 Å². The maximum Gasteiger partial charge on any atom is 0.354 e. The second-order valence-corrected chi connectivity index (χ2v) is 5.00. The Morgan fingerprint density at radius 1 is 1.47 bits per heavy atom. The van der Waals surface area contributed by atoms with E-state index in [9.17, 15) is 13.2 Å². The third kappa shape index (κ3) is 5.22. The normalized spacial score (nSPS) is 11.1. The molecule has 17 heavy (non-hydrogen) atoms. The Balaban J connectivity index is 2.47. The number of carboxylic acids is 1. The molecule has 0 spiro atoms. The first-order chi connectivity index (χ1) is 7.88. The summed E-state index contributed by atoms with van der Waals surface area (Å²) in [6.45, 7) is 0.426. The molecule has 0 radical (unpaired) electrons. The fourth-order valence-electron chi connectivity index (χ4n) is 0.974. The highest BCUT2D eigenvalue weighted by atomic mass is 32.2. The second kappa shape index (κ2) is 5.55. The van der Waals surface area contributed by atoms with Gasteiger partial charge in [0.1, 0.15) is 0 Å². The number of nitrogens with zero attached hydrogens (tertiary/aromatic N) is 2. The molecule has 0 aliphatic rings. The predicted molar refractivity (Wildman–Crippen MR) is 60.3 cm³/mol. The smallest absolute Gasteiger partial charge is 0.354 e. The lowest BCUT2D eigenvalue weighted by molar-refractivity contribution is 0.0690. The van der Waals surface area contributed by atoms with E-state index >= 15 is 0 Å². The van der Waals surface area contributed by atoms with Crippen molar-refractivity contribution in [3.8, 4) is 0 Å². The number of nitrogens with one attached hydrogen (secondary N) is 2. The molecule has 1 aromatic rings. The predicted octanol–water partition coefficient (Wildman–Crippen LogP) is -0.864. The molecule has 0 aliphatic heterocycles. The van der Waals surface area contributed by atoms with Crippen LogP contribution in [0.1, 0.15) is 10.5 Å². The molecule has 0 atom stereocenters. The van der Waals surface area contributed by atoms with Crippen molar-refractivity contribution in [3.05, 3.63) is 18.0 Å². The Bertz CT molecular complexity index is 502. The van der Waals surface area contributed by atoms with Crippen molar-refractivity contribution in [2.24, 2.45) is 0 Å². The number of aromatic nitrogens is 2. The van der Waals surface area contributed by atoms with Crippen LogP contribution in [-0.2, 0) is 10.0 Å². The van der Waals surface area contributed by atoms with Crippen LogP contribution in [0, 0.1) is 0 Å². The molecule has 1 rings (SSSR count). The van der Waals surface area contributed by atoms with Gasteiger partial charge in [-0.3, -0.25) is 0 Å². The summed E-state index contributed by atoms with van der Waals surface area (Å²) < 4.78 is 23.7. The van der Waals surface area contributed by atoms with Gasteiger partial charge in [0.05, 0.1) is 6.26 Å². The van der Waals surface area contributed by atoms with Gasteiger partial charge in [0.15, 0.2) is 5.69 Å². The first-order valence-electron chi connectivity index (χ1n) is 4.63. The van der Waals surface area contributed by atoms with Crippen LogP contribution in [0.15, 0.2) is 12.3 Å². The molecule has 8 nitrogen and oxygen atoms in total. The standard InChI is InChI=1S/C8H12N4O4S/c1-17(15,16)11-5-4-10-8-9-3-2-6(12-8)7(13)14/h2-3,11H,4-5H2,1H3,(H,13,14)(H,9,10,12). The fraction of sp³-hybridized carbons (Fsp3) is 0.375. The van der Waals surface area contributed by atoms with Gasteiger partial charge in [0.25, 0.3) is 0 Å². The zero-order valence-corrected chi connectivity index (χ0v) is 9.86. The Morgan fingerprint density at radius 2 is 2.18 bits per heavy atom. The van der Waals surface area contributed by atoms with Gasteiger partial charge in [-0.2, -0.15) is 0 Å². The lowest BCUT2D eigenvalue weighted by atomic mass is 10.4. The number of aromatic carboxylic acids is 1. The van der Waals surface area contributed by atoms with E-state index in [1.807, 2.05) is 0 Å². The highest BCUT2D eigenvalue weighted by Crippen LogP contribution is 1.99. The van der Waals surface area contributed by atoms with Crippen LogP contribution in [0.25, 0.3) is 0 Å². The zero-order chi connectivity index (χ0) is 12.9. The summed E-state index contributed by atoms with van der Waals surface area (Å²) in [4.78, 5) is 18.1. The van der Waals surface area contributed by atoms with Gasteiger partial charge >= 0.3 is 5.97 Å². The molecule has 0 amide bonds. The molecular formula is C8H12N4O4S. The molecule has 3 N–H and O–H groups in total. The maximum absolute atomic E-state index is 10.7. The van der Waals surface area contributed by atoms with Crippen LogP contribution in [0.4, 0.5) is 5.95 Å². The number of carbonyl (C=O) groups is 1. The summed E-state index contributed by atoms with van der Waals surface area (Å²) >= 11 is 0. The number of carboxylic acid groups (broad SMARTS) is 1. The summed E-state index contributed by atoms with van der Waals surface area (Å²) in [7, 11) is -3.23. The van der Waals surface area contributed by atoms with E-state index in [0.717, 1.165) is 6.26 Å². The first-order valence-corrected chi connectivity index (χ1v) is 6.52. The average Bonchev–Trinajstić information content (AvgIpc) is 2.23. The van der Waals surface area contributed by atoms with Crippen LogP contribution in [0.5, 0.6) is 0 Å². The van der Waals surface area contributed by atoms with Crippen molar-refractivity contribution in [2.45, 2.75) is 0 Å². The minimum atomic E-state index is -3.23. The van der Waals surface area contributed by atoms with E-state index in [4.69, 9.17) is 5.11 Å². The molecule has 0 fully saturated rings. The van der Waals surface area contributed by atoms with E-state index in [0.29, 0.717) is 0 Å². The molecule has 9 heteroatoms. The monoisotopic (exact) mass is 260 g/mol. The van der Waals surface area contributed by atoms with Crippen LogP contribution in [0.2, 0.25) is 0 Å². The molecule has 94 valence electrons. The van der Waals surface area contributed by atoms with Crippen LogP contribution >= 0.6 is 0 Å². The average molecular weight is 260 g/mol. The van der Waals surface area contributed by atoms with Crippen molar-refractivity contribution in [1.82, 2.24) is 14.7 Å². The maximum atomic E-state index is 10.7. The lowest BCUT2D eigenvalue weighted by Crippen LogP contribution is -2.28. The summed E-state index contributed by atoms with van der Waals surface area (Å²) in [5, 5.41) is 11.4. The molecule has 0 aromatic carbocycles. The molecular weight excluding hydrogens is 248 g/mol. The van der Waals surface area contributed by atoms with Gasteiger partial charge in [0, 0.05) is 19.3 Å². The SMILES string of the molecule is CS(=O)(=O)NCCNc1nccc(C(=O)O)n1. The van der Waals surface area contributed by atoms with E-state index in [2.05, 4.69) is 20.0 Å². The van der Waals surface area contributed by atoms with Gasteiger partial charge in [0.2, 0.25) is 16.0 Å². The van der Waals surface area contributed by atoms with E-state index in [-0.39, 0.29) is 24.7 Å². The molecule has 1 heterocycles. The van der Waals surface area contributed by atoms with Gasteiger partial charge in [-0.25, -0.2) is 27.9 Å². The molecule has 0 unspecified atom stereocenters. The summed E-state index contributed by atoms with van der Waals surface area (Å²) in [6.07, 6.45) is 2.36. The fourth-order valence-corrected chi connectivity index (χ4v) is 1.45. The topological polar surface area (TPSA) is 121 Å². The van der Waals surface area contributed by atoms with Crippen molar-refractivity contribution in [3.63, 3.8) is 0 Å². The van der Waals surface area contributed by atoms with Gasteiger partial charge in [-0.1, -0.05) is 0 Å². The summed E-state index contributed by atoms with van der Waals surface area (Å²) in [6, 6.07) is 1.27. The second-order valence-electron chi connectivity index (χ2n) is 3.16. The third-order valence-electron chi connectivity index (χ3n) is 1.65. The van der Waals surface area contributed by atoms with Crippen LogP contribution in [0.3, 0.4) is 0 Å². The van der Waals surface area contributed by atoms with Gasteiger partial charge in [-0.15, -0.1) is 0 Å². The third-order valence-corrected chi connectivity index (χ3v) is 2.38. The van der Waals surface area contributed by atoms with Crippen molar-refractivity contribution in [1.29, 1.82) is 0 Å². The molecule has 0 saturated heterocycles. The minimum Gasteiger partial charge on any atom is -0.477 e. The summed E-state index contributed by atoms with van der Waals surface area (Å²) in [5.74, 6) is -1.01.